The third kappa shape index (κ3) is 1.52. The van der Waals surface area contributed by atoms with Gasteiger partial charge in [0.2, 0.25) is 0 Å². The highest BCUT2D eigenvalue weighted by Crippen LogP contribution is 2.62. The van der Waals surface area contributed by atoms with Gasteiger partial charge in [0.1, 0.15) is 5.78 Å². The Morgan fingerprint density at radius 3 is 2.29 bits per heavy atom. The smallest absolute Gasteiger partial charge is 0.133 e. The fraction of sp³-hybridized carbons (Fsp3) is 0.929. The predicted molar refractivity (Wildman–Crippen MR) is 65.4 cm³/mol. The van der Waals surface area contributed by atoms with Crippen LogP contribution in [0.5, 0.6) is 0 Å². The standard InChI is InChI=1S/C14H24O3/c1-8(2)14-6-5-13(4,11(16)12(14)17)7-10(14)9(3)15/h8,10-12,16-17H,5-7H2,1-4H3. The molecule has 0 heterocycles. The molecule has 0 aromatic rings. The molecule has 98 valence electrons. The van der Waals surface area contributed by atoms with Crippen molar-refractivity contribution < 1.29 is 15.0 Å². The molecule has 5 unspecified atom stereocenters. The molecule has 0 amide bonds. The fourth-order valence-corrected chi connectivity index (χ4v) is 4.29. The molecular formula is C14H24O3. The lowest BCUT2D eigenvalue weighted by atomic mass is 9.44. The summed E-state index contributed by atoms with van der Waals surface area (Å²) in [5.74, 6) is 0.279. The van der Waals surface area contributed by atoms with Crippen LogP contribution in [0.4, 0.5) is 0 Å². The highest BCUT2D eigenvalue weighted by atomic mass is 16.3. The minimum absolute atomic E-state index is 0.0975. The summed E-state index contributed by atoms with van der Waals surface area (Å²) in [5.41, 5.74) is -0.699. The molecule has 0 aromatic heterocycles. The number of aliphatic hydroxyl groups is 2. The van der Waals surface area contributed by atoms with Crippen molar-refractivity contribution in [3.63, 3.8) is 0 Å². The molecule has 3 fully saturated rings. The third-order valence-electron chi connectivity index (χ3n) is 5.58. The van der Waals surface area contributed by atoms with E-state index in [1.54, 1.807) is 6.92 Å². The number of rotatable bonds is 2. The number of carbonyl (C=O) groups excluding carboxylic acids is 1. The van der Waals surface area contributed by atoms with Crippen molar-refractivity contribution in [2.75, 3.05) is 0 Å². The van der Waals surface area contributed by atoms with Crippen LogP contribution in [0, 0.1) is 22.7 Å². The second-order valence-corrected chi connectivity index (χ2v) is 6.68. The predicted octanol–water partition coefficient (Wildman–Crippen LogP) is 1.76. The molecule has 3 saturated carbocycles. The molecule has 3 rings (SSSR count). The number of ketones is 1. The summed E-state index contributed by atoms with van der Waals surface area (Å²) in [6, 6.07) is 0. The van der Waals surface area contributed by atoms with Crippen LogP contribution in [-0.2, 0) is 4.79 Å². The fourth-order valence-electron chi connectivity index (χ4n) is 4.29. The van der Waals surface area contributed by atoms with E-state index in [1.165, 1.54) is 0 Å². The molecular weight excluding hydrogens is 216 g/mol. The number of Topliss-reactive ketones (excluding diaryl/α,β-unsaturated/α-hetero) is 1. The van der Waals surface area contributed by atoms with Gasteiger partial charge in [0.05, 0.1) is 12.2 Å². The van der Waals surface area contributed by atoms with Gasteiger partial charge < -0.3 is 10.2 Å². The monoisotopic (exact) mass is 240 g/mol. The van der Waals surface area contributed by atoms with E-state index >= 15 is 0 Å². The third-order valence-corrected chi connectivity index (χ3v) is 5.58. The minimum Gasteiger partial charge on any atom is -0.390 e. The molecule has 3 aliphatic carbocycles. The molecule has 3 aliphatic rings. The Bertz CT molecular complexity index is 338. The second kappa shape index (κ2) is 3.79. The first-order valence-electron chi connectivity index (χ1n) is 6.62. The number of carbonyl (C=O) groups is 1. The van der Waals surface area contributed by atoms with Crippen molar-refractivity contribution in [3.8, 4) is 0 Å². The first-order chi connectivity index (χ1) is 7.75. The van der Waals surface area contributed by atoms with E-state index in [-0.39, 0.29) is 23.0 Å². The van der Waals surface area contributed by atoms with E-state index in [4.69, 9.17) is 0 Å². The zero-order valence-electron chi connectivity index (χ0n) is 11.2. The molecule has 0 aromatic carbocycles. The van der Waals surface area contributed by atoms with Crippen LogP contribution in [0.1, 0.15) is 47.0 Å². The van der Waals surface area contributed by atoms with Crippen LogP contribution in [0.3, 0.4) is 0 Å². The van der Waals surface area contributed by atoms with Crippen LogP contribution < -0.4 is 0 Å². The van der Waals surface area contributed by atoms with Crippen molar-refractivity contribution in [2.45, 2.75) is 59.2 Å². The van der Waals surface area contributed by atoms with Gasteiger partial charge in [-0.05, 0) is 37.5 Å². The van der Waals surface area contributed by atoms with Crippen LogP contribution >= 0.6 is 0 Å². The van der Waals surface area contributed by atoms with Crippen LogP contribution in [0.15, 0.2) is 0 Å². The molecule has 0 radical (unpaired) electrons. The summed E-state index contributed by atoms with van der Waals surface area (Å²) in [6.45, 7) is 7.73. The van der Waals surface area contributed by atoms with Crippen LogP contribution in [0.2, 0.25) is 0 Å². The van der Waals surface area contributed by atoms with Crippen molar-refractivity contribution >= 4 is 5.78 Å². The Kier molecular flexibility index (Phi) is 2.91. The Morgan fingerprint density at radius 2 is 1.82 bits per heavy atom. The topological polar surface area (TPSA) is 57.5 Å². The Balaban J connectivity index is 2.48. The largest absolute Gasteiger partial charge is 0.390 e. The normalized spacial score (nSPS) is 49.7. The molecule has 5 atom stereocenters. The van der Waals surface area contributed by atoms with E-state index in [9.17, 15) is 15.0 Å². The van der Waals surface area contributed by atoms with E-state index < -0.39 is 17.6 Å². The van der Waals surface area contributed by atoms with Gasteiger partial charge in [-0.1, -0.05) is 20.8 Å². The van der Waals surface area contributed by atoms with Crippen molar-refractivity contribution in [3.05, 3.63) is 0 Å². The summed E-state index contributed by atoms with van der Waals surface area (Å²) in [6.07, 6.45) is 1.04. The van der Waals surface area contributed by atoms with Gasteiger partial charge in [-0.3, -0.25) is 4.79 Å². The summed E-state index contributed by atoms with van der Waals surface area (Å²) in [5, 5.41) is 20.8. The van der Waals surface area contributed by atoms with Crippen molar-refractivity contribution in [1.29, 1.82) is 0 Å². The first-order valence-corrected chi connectivity index (χ1v) is 6.62. The van der Waals surface area contributed by atoms with Gasteiger partial charge in [0.25, 0.3) is 0 Å². The average molecular weight is 240 g/mol. The van der Waals surface area contributed by atoms with Crippen molar-refractivity contribution in [1.82, 2.24) is 0 Å². The lowest BCUT2D eigenvalue weighted by molar-refractivity contribution is -0.234. The molecule has 0 aliphatic heterocycles. The lowest BCUT2D eigenvalue weighted by Crippen LogP contribution is -2.66. The van der Waals surface area contributed by atoms with Gasteiger partial charge in [-0.2, -0.15) is 0 Å². The van der Waals surface area contributed by atoms with Gasteiger partial charge in [-0.15, -0.1) is 0 Å². The number of fused-ring (bicyclic) bond motifs is 3. The second-order valence-electron chi connectivity index (χ2n) is 6.68. The summed E-state index contributed by atoms with van der Waals surface area (Å²) < 4.78 is 0. The zero-order valence-corrected chi connectivity index (χ0v) is 11.2. The maximum Gasteiger partial charge on any atom is 0.133 e. The van der Waals surface area contributed by atoms with E-state index in [0.29, 0.717) is 0 Å². The summed E-state index contributed by atoms with van der Waals surface area (Å²) >= 11 is 0. The Morgan fingerprint density at radius 1 is 1.24 bits per heavy atom. The van der Waals surface area contributed by atoms with Crippen LogP contribution in [-0.4, -0.2) is 28.2 Å². The minimum atomic E-state index is -0.760. The highest BCUT2D eigenvalue weighted by Gasteiger charge is 2.64. The van der Waals surface area contributed by atoms with Gasteiger partial charge >= 0.3 is 0 Å². The van der Waals surface area contributed by atoms with Crippen molar-refractivity contribution in [2.24, 2.45) is 22.7 Å². The molecule has 0 saturated heterocycles. The Hall–Kier alpha value is -0.410. The number of aliphatic hydroxyl groups excluding tert-OH is 2. The summed E-state index contributed by atoms with van der Waals surface area (Å²) in [7, 11) is 0. The van der Waals surface area contributed by atoms with Gasteiger partial charge in [0, 0.05) is 11.3 Å². The lowest BCUT2D eigenvalue weighted by Gasteiger charge is -2.62. The van der Waals surface area contributed by atoms with E-state index in [2.05, 4.69) is 13.8 Å². The van der Waals surface area contributed by atoms with Gasteiger partial charge in [0.15, 0.2) is 0 Å². The SMILES string of the molecule is CC(=O)C1CC2(C)CCC1(C(C)C)C(O)C2O. The molecule has 0 spiro atoms. The molecule has 2 N–H and O–H groups in total. The summed E-state index contributed by atoms with van der Waals surface area (Å²) in [4.78, 5) is 11.9. The molecule has 17 heavy (non-hydrogen) atoms. The highest BCUT2D eigenvalue weighted by molar-refractivity contribution is 5.80. The zero-order chi connectivity index (χ0) is 13.0. The Labute approximate surface area is 103 Å². The number of hydrogen-bond donors (Lipinski definition) is 2. The van der Waals surface area contributed by atoms with E-state index in [1.807, 2.05) is 6.92 Å². The maximum atomic E-state index is 11.9. The van der Waals surface area contributed by atoms with Gasteiger partial charge in [-0.25, -0.2) is 0 Å². The molecule has 2 bridgehead atoms. The molecule has 3 heteroatoms. The average Bonchev–Trinajstić information content (AvgIpc) is 2.25. The first kappa shape index (κ1) is 13.0. The maximum absolute atomic E-state index is 11.9. The number of hydrogen-bond acceptors (Lipinski definition) is 3. The quantitative estimate of drug-likeness (QED) is 0.773. The molecule has 3 nitrogen and oxygen atoms in total. The van der Waals surface area contributed by atoms with E-state index in [0.717, 1.165) is 19.3 Å². The van der Waals surface area contributed by atoms with Crippen LogP contribution in [0.25, 0.3) is 0 Å².